The summed E-state index contributed by atoms with van der Waals surface area (Å²) in [6, 6.07) is 13.3. The molecule has 200 valence electrons. The summed E-state index contributed by atoms with van der Waals surface area (Å²) in [4.78, 5) is 26.1. The highest BCUT2D eigenvalue weighted by Crippen LogP contribution is 2.33. The van der Waals surface area contributed by atoms with Crippen LogP contribution >= 0.6 is 22.9 Å². The number of thiophene rings is 1. The lowest BCUT2D eigenvalue weighted by atomic mass is 10.0. The van der Waals surface area contributed by atoms with Crippen LogP contribution in [0.5, 0.6) is 0 Å². The molecule has 0 bridgehead atoms. The number of hydrogen-bond acceptors (Lipinski definition) is 8. The molecule has 0 spiro atoms. The standard InChI is InChI=1S/C26H26ClN3O6S2/c27-19-8-6-18(7-9-19)21-16-22(23-5-4-14-35-23)30(28-21)24(31)17-36-25(32)15-20-10-11-26(37-20)38(33,34)29-12-2-1-3-13-29/h4-11,14,22H,1-3,12-13,15-17H2. The molecule has 2 aliphatic rings. The van der Waals surface area contributed by atoms with E-state index in [1.807, 2.05) is 12.1 Å². The molecular formula is C26H26ClN3O6S2. The fourth-order valence-corrected chi connectivity index (χ4v) is 7.62. The van der Waals surface area contributed by atoms with Gasteiger partial charge in [-0.2, -0.15) is 9.41 Å². The van der Waals surface area contributed by atoms with Crippen LogP contribution in [0.25, 0.3) is 0 Å². The van der Waals surface area contributed by atoms with Gasteiger partial charge in [-0.1, -0.05) is 30.2 Å². The van der Waals surface area contributed by atoms with Gasteiger partial charge in [0, 0.05) is 29.4 Å². The molecule has 1 atom stereocenters. The summed E-state index contributed by atoms with van der Waals surface area (Å²) < 4.78 is 38.2. The second-order valence-corrected chi connectivity index (χ2v) is 12.8. The van der Waals surface area contributed by atoms with Crippen molar-refractivity contribution in [1.82, 2.24) is 9.31 Å². The van der Waals surface area contributed by atoms with Crippen molar-refractivity contribution in [2.24, 2.45) is 5.10 Å². The Morgan fingerprint density at radius 1 is 1.08 bits per heavy atom. The number of carbonyl (C=O) groups is 2. The van der Waals surface area contributed by atoms with E-state index in [0.29, 0.717) is 40.9 Å². The Morgan fingerprint density at radius 3 is 2.55 bits per heavy atom. The molecule has 9 nitrogen and oxygen atoms in total. The molecule has 1 amide bonds. The number of benzene rings is 1. The largest absolute Gasteiger partial charge is 0.467 e. The Hall–Kier alpha value is -2.99. The van der Waals surface area contributed by atoms with E-state index in [1.54, 1.807) is 30.3 Å². The molecular weight excluding hydrogens is 550 g/mol. The van der Waals surface area contributed by atoms with Crippen LogP contribution < -0.4 is 0 Å². The zero-order valence-electron chi connectivity index (χ0n) is 20.4. The first kappa shape index (κ1) is 26.6. The van der Waals surface area contributed by atoms with Crippen LogP contribution in [0.3, 0.4) is 0 Å². The Morgan fingerprint density at radius 2 is 1.84 bits per heavy atom. The van der Waals surface area contributed by atoms with Gasteiger partial charge in [0.15, 0.2) is 6.61 Å². The topological polar surface area (TPSA) is 109 Å². The van der Waals surface area contributed by atoms with E-state index < -0.39 is 34.5 Å². The van der Waals surface area contributed by atoms with Crippen molar-refractivity contribution in [2.75, 3.05) is 19.7 Å². The number of sulfonamides is 1. The highest BCUT2D eigenvalue weighted by molar-refractivity contribution is 7.91. The molecule has 0 saturated carbocycles. The number of hydrogen-bond donors (Lipinski definition) is 0. The first-order valence-corrected chi connectivity index (χ1v) is 14.9. The number of nitrogens with zero attached hydrogens (tertiary/aromatic N) is 3. The predicted octanol–water partition coefficient (Wildman–Crippen LogP) is 4.63. The monoisotopic (exact) mass is 575 g/mol. The fraction of sp³-hybridized carbons (Fsp3) is 0.346. The van der Waals surface area contributed by atoms with E-state index in [0.717, 1.165) is 36.2 Å². The van der Waals surface area contributed by atoms with Crippen LogP contribution in [0, 0.1) is 0 Å². The molecule has 2 aliphatic heterocycles. The van der Waals surface area contributed by atoms with Crippen molar-refractivity contribution >= 4 is 50.5 Å². The van der Waals surface area contributed by atoms with Crippen molar-refractivity contribution < 1.29 is 27.2 Å². The molecule has 1 saturated heterocycles. The van der Waals surface area contributed by atoms with E-state index in [9.17, 15) is 18.0 Å². The molecule has 1 unspecified atom stereocenters. The van der Waals surface area contributed by atoms with Crippen molar-refractivity contribution in [3.63, 3.8) is 0 Å². The third kappa shape index (κ3) is 5.85. The Labute approximate surface area is 229 Å². The number of piperidine rings is 1. The highest BCUT2D eigenvalue weighted by atomic mass is 35.5. The van der Waals surface area contributed by atoms with Crippen molar-refractivity contribution in [1.29, 1.82) is 0 Å². The van der Waals surface area contributed by atoms with Gasteiger partial charge in [-0.05, 0) is 54.8 Å². The highest BCUT2D eigenvalue weighted by Gasteiger charge is 2.35. The summed E-state index contributed by atoms with van der Waals surface area (Å²) in [6.45, 7) is 0.520. The van der Waals surface area contributed by atoms with Gasteiger partial charge in [0.1, 0.15) is 16.0 Å². The number of carbonyl (C=O) groups excluding carboxylic acids is 2. The SMILES string of the molecule is O=C(Cc1ccc(S(=O)(=O)N2CCCCC2)s1)OCC(=O)N1N=C(c2ccc(Cl)cc2)CC1c1ccco1. The molecule has 2 aromatic heterocycles. The van der Waals surface area contributed by atoms with Gasteiger partial charge in [-0.25, -0.2) is 13.4 Å². The molecule has 1 aromatic carbocycles. The van der Waals surface area contributed by atoms with E-state index in [1.165, 1.54) is 21.6 Å². The van der Waals surface area contributed by atoms with Crippen molar-refractivity contribution in [2.45, 2.75) is 42.4 Å². The van der Waals surface area contributed by atoms with Gasteiger partial charge in [-0.15, -0.1) is 11.3 Å². The van der Waals surface area contributed by atoms with Crippen LogP contribution in [-0.4, -0.2) is 55.0 Å². The quantitative estimate of drug-likeness (QED) is 0.362. The Bertz CT molecular complexity index is 1430. The molecule has 4 heterocycles. The maximum atomic E-state index is 13.0. The lowest BCUT2D eigenvalue weighted by molar-refractivity contribution is -0.152. The average molecular weight is 576 g/mol. The van der Waals surface area contributed by atoms with Gasteiger partial charge in [-0.3, -0.25) is 9.59 Å². The minimum atomic E-state index is -3.56. The summed E-state index contributed by atoms with van der Waals surface area (Å²) >= 11 is 7.05. The Balaban J connectivity index is 1.22. The summed E-state index contributed by atoms with van der Waals surface area (Å²) in [5, 5.41) is 6.38. The van der Waals surface area contributed by atoms with E-state index in [-0.39, 0.29) is 10.6 Å². The minimum absolute atomic E-state index is 0.131. The van der Waals surface area contributed by atoms with Crippen LogP contribution in [0.2, 0.25) is 5.02 Å². The maximum Gasteiger partial charge on any atom is 0.311 e. The number of esters is 1. The third-order valence-electron chi connectivity index (χ3n) is 6.44. The van der Waals surface area contributed by atoms with Crippen LogP contribution in [0.4, 0.5) is 0 Å². The molecule has 1 fully saturated rings. The fourth-order valence-electron chi connectivity index (χ4n) is 4.49. The van der Waals surface area contributed by atoms with Gasteiger partial charge in [0.2, 0.25) is 0 Å². The number of hydrazone groups is 1. The number of rotatable bonds is 8. The van der Waals surface area contributed by atoms with Gasteiger partial charge in [0.05, 0.1) is 18.4 Å². The molecule has 5 rings (SSSR count). The molecule has 38 heavy (non-hydrogen) atoms. The second kappa shape index (κ2) is 11.4. The van der Waals surface area contributed by atoms with Gasteiger partial charge >= 0.3 is 5.97 Å². The summed E-state index contributed by atoms with van der Waals surface area (Å²) in [5.74, 6) is -0.556. The zero-order chi connectivity index (χ0) is 26.7. The summed E-state index contributed by atoms with van der Waals surface area (Å²) in [7, 11) is -3.56. The normalized spacial score (nSPS) is 18.4. The van der Waals surface area contributed by atoms with Crippen LogP contribution in [0.1, 0.15) is 47.9 Å². The maximum absolute atomic E-state index is 13.0. The van der Waals surface area contributed by atoms with Crippen LogP contribution in [-0.2, 0) is 30.8 Å². The number of amides is 1. The second-order valence-electron chi connectivity index (χ2n) is 9.05. The van der Waals surface area contributed by atoms with Crippen molar-refractivity contribution in [3.05, 3.63) is 76.0 Å². The minimum Gasteiger partial charge on any atom is -0.467 e. The molecule has 3 aromatic rings. The lowest BCUT2D eigenvalue weighted by Gasteiger charge is -2.25. The Kier molecular flexibility index (Phi) is 7.98. The number of ether oxygens (including phenoxy) is 1. The van der Waals surface area contributed by atoms with Gasteiger partial charge < -0.3 is 9.15 Å². The van der Waals surface area contributed by atoms with Gasteiger partial charge in [0.25, 0.3) is 15.9 Å². The van der Waals surface area contributed by atoms with Crippen LogP contribution in [0.15, 0.2) is 68.5 Å². The number of halogens is 1. The van der Waals surface area contributed by atoms with E-state index in [4.69, 9.17) is 20.8 Å². The average Bonchev–Trinajstić information content (AvgIpc) is 3.69. The smallest absolute Gasteiger partial charge is 0.311 e. The molecule has 0 radical (unpaired) electrons. The van der Waals surface area contributed by atoms with Crippen molar-refractivity contribution in [3.8, 4) is 0 Å². The van der Waals surface area contributed by atoms with E-state index >= 15 is 0 Å². The first-order valence-electron chi connectivity index (χ1n) is 12.2. The first-order chi connectivity index (χ1) is 18.3. The molecule has 0 aliphatic carbocycles. The lowest BCUT2D eigenvalue weighted by Crippen LogP contribution is -2.35. The molecule has 12 heteroatoms. The summed E-state index contributed by atoms with van der Waals surface area (Å²) in [6.07, 6.45) is 4.55. The number of furan rings is 1. The summed E-state index contributed by atoms with van der Waals surface area (Å²) in [5.41, 5.74) is 1.51. The third-order valence-corrected chi connectivity index (χ3v) is 10.1. The predicted molar refractivity (Wildman–Crippen MR) is 142 cm³/mol. The van der Waals surface area contributed by atoms with E-state index in [2.05, 4.69) is 5.10 Å². The molecule has 0 N–H and O–H groups in total. The zero-order valence-corrected chi connectivity index (χ0v) is 22.8.